The number of nitrogens with two attached hydrogens (primary N) is 1. The first-order valence-electron chi connectivity index (χ1n) is 6.10. The molecule has 112 valence electrons. The monoisotopic (exact) mass is 304 g/mol. The van der Waals surface area contributed by atoms with E-state index in [-0.39, 0.29) is 28.9 Å². The Bertz CT molecular complexity index is 582. The van der Waals surface area contributed by atoms with Gasteiger partial charge in [-0.15, -0.1) is 0 Å². The van der Waals surface area contributed by atoms with Crippen LogP contribution in [-0.4, -0.2) is 45.6 Å². The third kappa shape index (κ3) is 2.58. The Balaban J connectivity index is 2.44. The molecule has 0 amide bonds. The maximum atomic E-state index is 13.8. The summed E-state index contributed by atoms with van der Waals surface area (Å²) in [6, 6.07) is 1.83. The number of halogens is 1. The molecule has 0 aromatic heterocycles. The molecule has 8 heteroatoms. The van der Waals surface area contributed by atoms with Gasteiger partial charge in [0.15, 0.2) is 11.6 Å². The van der Waals surface area contributed by atoms with Crippen LogP contribution in [0.3, 0.4) is 0 Å². The number of rotatable bonds is 3. The number of benzene rings is 1. The van der Waals surface area contributed by atoms with Crippen molar-refractivity contribution in [2.45, 2.75) is 17.9 Å². The number of anilines is 1. The third-order valence-corrected chi connectivity index (χ3v) is 5.15. The normalized spacial score (nSPS) is 20.9. The fraction of sp³-hybridized carbons (Fsp3) is 0.500. The Morgan fingerprint density at radius 2 is 2.20 bits per heavy atom. The van der Waals surface area contributed by atoms with Gasteiger partial charge >= 0.3 is 0 Å². The first kappa shape index (κ1) is 15.0. The van der Waals surface area contributed by atoms with Gasteiger partial charge in [-0.3, -0.25) is 0 Å². The van der Waals surface area contributed by atoms with Gasteiger partial charge in [0.25, 0.3) is 0 Å². The first-order chi connectivity index (χ1) is 9.37. The Morgan fingerprint density at radius 3 is 2.75 bits per heavy atom. The van der Waals surface area contributed by atoms with Crippen LogP contribution in [0.15, 0.2) is 17.0 Å². The summed E-state index contributed by atoms with van der Waals surface area (Å²) in [5.41, 5.74) is 5.57. The standard InChI is InChI=1S/C12H17FN2O4S/c1-8-7-19-4-3-15(8)20(16,17)9-5-10(13)12(18-2)11(14)6-9/h5-6,8H,3-4,7,14H2,1-2H3/t8-/m1/s1. The molecule has 1 fully saturated rings. The van der Waals surface area contributed by atoms with Gasteiger partial charge in [0.1, 0.15) is 0 Å². The van der Waals surface area contributed by atoms with E-state index in [9.17, 15) is 12.8 Å². The molecule has 2 rings (SSSR count). The van der Waals surface area contributed by atoms with Crippen molar-refractivity contribution in [3.8, 4) is 5.75 Å². The quantitative estimate of drug-likeness (QED) is 0.836. The lowest BCUT2D eigenvalue weighted by Gasteiger charge is -2.32. The average Bonchev–Trinajstić information content (AvgIpc) is 2.38. The highest BCUT2D eigenvalue weighted by Gasteiger charge is 2.32. The fourth-order valence-corrected chi connectivity index (χ4v) is 3.81. The predicted octanol–water partition coefficient (Wildman–Crippen LogP) is 0.826. The van der Waals surface area contributed by atoms with Crippen LogP contribution in [-0.2, 0) is 14.8 Å². The van der Waals surface area contributed by atoms with E-state index in [2.05, 4.69) is 0 Å². The summed E-state index contributed by atoms with van der Waals surface area (Å²) >= 11 is 0. The zero-order valence-corrected chi connectivity index (χ0v) is 12.1. The smallest absolute Gasteiger partial charge is 0.243 e. The van der Waals surface area contributed by atoms with Crippen molar-refractivity contribution in [2.24, 2.45) is 0 Å². The minimum absolute atomic E-state index is 0.0491. The Morgan fingerprint density at radius 1 is 1.50 bits per heavy atom. The minimum Gasteiger partial charge on any atom is -0.492 e. The van der Waals surface area contributed by atoms with E-state index in [4.69, 9.17) is 15.2 Å². The second-order valence-electron chi connectivity index (χ2n) is 4.57. The lowest BCUT2D eigenvalue weighted by Crippen LogP contribution is -2.46. The summed E-state index contributed by atoms with van der Waals surface area (Å²) in [5.74, 6) is -0.953. The van der Waals surface area contributed by atoms with Crippen molar-refractivity contribution in [1.82, 2.24) is 4.31 Å². The number of morpholine rings is 1. The number of methoxy groups -OCH3 is 1. The summed E-state index contributed by atoms with van der Waals surface area (Å²) in [4.78, 5) is -0.179. The maximum absolute atomic E-state index is 13.8. The molecular formula is C12H17FN2O4S. The molecule has 0 unspecified atom stereocenters. The van der Waals surface area contributed by atoms with Crippen molar-refractivity contribution in [2.75, 3.05) is 32.6 Å². The highest BCUT2D eigenvalue weighted by molar-refractivity contribution is 7.89. The van der Waals surface area contributed by atoms with Gasteiger partial charge in [-0.2, -0.15) is 4.31 Å². The molecule has 1 aromatic carbocycles. The van der Waals surface area contributed by atoms with Gasteiger partial charge in [-0.1, -0.05) is 0 Å². The molecule has 1 saturated heterocycles. The molecule has 0 radical (unpaired) electrons. The van der Waals surface area contributed by atoms with Gasteiger partial charge in [-0.25, -0.2) is 12.8 Å². The number of nitrogens with zero attached hydrogens (tertiary/aromatic N) is 1. The van der Waals surface area contributed by atoms with Crippen LogP contribution >= 0.6 is 0 Å². The summed E-state index contributed by atoms with van der Waals surface area (Å²) in [5, 5.41) is 0. The summed E-state index contributed by atoms with van der Waals surface area (Å²) < 4.78 is 50.1. The molecule has 0 bridgehead atoms. The molecule has 1 heterocycles. The van der Waals surface area contributed by atoms with Gasteiger partial charge in [0.2, 0.25) is 10.0 Å². The van der Waals surface area contributed by atoms with Crippen LogP contribution in [0.25, 0.3) is 0 Å². The second-order valence-corrected chi connectivity index (χ2v) is 6.46. The Labute approximate surface area is 117 Å². The zero-order chi connectivity index (χ0) is 14.9. The molecule has 0 saturated carbocycles. The first-order valence-corrected chi connectivity index (χ1v) is 7.54. The van der Waals surface area contributed by atoms with E-state index in [1.54, 1.807) is 6.92 Å². The van der Waals surface area contributed by atoms with Crippen molar-refractivity contribution in [1.29, 1.82) is 0 Å². The highest BCUT2D eigenvalue weighted by atomic mass is 32.2. The number of hydrogen-bond acceptors (Lipinski definition) is 5. The molecule has 1 aromatic rings. The van der Waals surface area contributed by atoms with Gasteiger partial charge < -0.3 is 15.2 Å². The van der Waals surface area contributed by atoms with Crippen LogP contribution in [0.4, 0.5) is 10.1 Å². The SMILES string of the molecule is COc1c(N)cc(S(=O)(=O)N2CCOC[C@H]2C)cc1F. The van der Waals surface area contributed by atoms with E-state index in [0.29, 0.717) is 13.2 Å². The van der Waals surface area contributed by atoms with Crippen LogP contribution in [0.1, 0.15) is 6.92 Å². The lowest BCUT2D eigenvalue weighted by molar-refractivity contribution is 0.0392. The molecule has 2 N–H and O–H groups in total. The Kier molecular flexibility index (Phi) is 4.17. The summed E-state index contributed by atoms with van der Waals surface area (Å²) in [6.45, 7) is 2.60. The largest absolute Gasteiger partial charge is 0.492 e. The van der Waals surface area contributed by atoms with E-state index in [0.717, 1.165) is 6.07 Å². The summed E-state index contributed by atoms with van der Waals surface area (Å²) in [7, 11) is -2.53. The second kappa shape index (κ2) is 5.55. The van der Waals surface area contributed by atoms with E-state index < -0.39 is 15.8 Å². The van der Waals surface area contributed by atoms with E-state index in [1.165, 1.54) is 17.5 Å². The molecule has 1 atom stereocenters. The highest BCUT2D eigenvalue weighted by Crippen LogP contribution is 2.30. The van der Waals surface area contributed by atoms with Crippen LogP contribution in [0, 0.1) is 5.82 Å². The molecule has 6 nitrogen and oxygen atoms in total. The van der Waals surface area contributed by atoms with E-state index >= 15 is 0 Å². The van der Waals surface area contributed by atoms with E-state index in [1.807, 2.05) is 0 Å². The lowest BCUT2D eigenvalue weighted by atomic mass is 10.3. The van der Waals surface area contributed by atoms with Crippen LogP contribution in [0.2, 0.25) is 0 Å². The van der Waals surface area contributed by atoms with Crippen molar-refractivity contribution >= 4 is 15.7 Å². The number of nitrogen functional groups attached to an aromatic ring is 1. The molecule has 20 heavy (non-hydrogen) atoms. The minimum atomic E-state index is -3.80. The number of ether oxygens (including phenoxy) is 2. The van der Waals surface area contributed by atoms with Gasteiger partial charge in [0, 0.05) is 12.6 Å². The zero-order valence-electron chi connectivity index (χ0n) is 11.3. The van der Waals surface area contributed by atoms with Gasteiger partial charge in [0.05, 0.1) is 30.9 Å². The van der Waals surface area contributed by atoms with Crippen molar-refractivity contribution in [3.63, 3.8) is 0 Å². The number of hydrogen-bond donors (Lipinski definition) is 1. The molecule has 1 aliphatic heterocycles. The predicted molar refractivity (Wildman–Crippen MR) is 71.5 cm³/mol. The molecular weight excluding hydrogens is 287 g/mol. The Hall–Kier alpha value is -1.38. The molecule has 0 spiro atoms. The summed E-state index contributed by atoms with van der Waals surface area (Å²) in [6.07, 6.45) is 0. The maximum Gasteiger partial charge on any atom is 0.243 e. The third-order valence-electron chi connectivity index (χ3n) is 3.16. The van der Waals surface area contributed by atoms with Crippen molar-refractivity contribution in [3.05, 3.63) is 17.9 Å². The number of sulfonamides is 1. The average molecular weight is 304 g/mol. The molecule has 1 aliphatic rings. The van der Waals surface area contributed by atoms with Crippen LogP contribution in [0.5, 0.6) is 5.75 Å². The van der Waals surface area contributed by atoms with Gasteiger partial charge in [-0.05, 0) is 19.1 Å². The fourth-order valence-electron chi connectivity index (χ4n) is 2.16. The molecule has 0 aliphatic carbocycles. The van der Waals surface area contributed by atoms with Crippen molar-refractivity contribution < 1.29 is 22.3 Å². The van der Waals surface area contributed by atoms with Crippen LogP contribution < -0.4 is 10.5 Å². The topological polar surface area (TPSA) is 81.9 Å².